The first-order chi connectivity index (χ1) is 8.20. The molecule has 0 saturated carbocycles. The highest BCUT2D eigenvalue weighted by atomic mass is 79.9. The van der Waals surface area contributed by atoms with E-state index in [1.807, 2.05) is 18.2 Å². The summed E-state index contributed by atoms with van der Waals surface area (Å²) < 4.78 is 1.13. The fourth-order valence-corrected chi connectivity index (χ4v) is 3.50. The number of benzene rings is 1. The van der Waals surface area contributed by atoms with E-state index in [9.17, 15) is 0 Å². The fourth-order valence-electron chi connectivity index (χ4n) is 1.75. The van der Waals surface area contributed by atoms with Crippen LogP contribution in [0.3, 0.4) is 0 Å². The minimum Gasteiger partial charge on any atom is -0.306 e. The highest BCUT2D eigenvalue weighted by molar-refractivity contribution is 9.10. The van der Waals surface area contributed by atoms with Crippen LogP contribution in [0.2, 0.25) is 5.02 Å². The molecule has 0 aliphatic rings. The van der Waals surface area contributed by atoms with Crippen molar-refractivity contribution in [3.8, 4) is 0 Å². The Morgan fingerprint density at radius 2 is 2.24 bits per heavy atom. The lowest BCUT2D eigenvalue weighted by atomic mass is 10.1. The third-order valence-electron chi connectivity index (χ3n) is 2.46. The standard InChI is InChI=1S/C13H13BrClNS/c1-2-16-13(12-7-10(14)8-17-12)9-4-3-5-11(15)6-9/h3-8,13,16H,2H2,1H3. The van der Waals surface area contributed by atoms with Crippen LogP contribution in [0.5, 0.6) is 0 Å². The van der Waals surface area contributed by atoms with Crippen LogP contribution in [0.1, 0.15) is 23.4 Å². The highest BCUT2D eigenvalue weighted by Crippen LogP contribution is 2.30. The highest BCUT2D eigenvalue weighted by Gasteiger charge is 2.14. The molecule has 90 valence electrons. The van der Waals surface area contributed by atoms with Crippen LogP contribution in [-0.2, 0) is 0 Å². The van der Waals surface area contributed by atoms with Gasteiger partial charge in [-0.05, 0) is 46.2 Å². The zero-order chi connectivity index (χ0) is 12.3. The van der Waals surface area contributed by atoms with E-state index in [1.54, 1.807) is 11.3 Å². The Balaban J connectivity index is 2.35. The smallest absolute Gasteiger partial charge is 0.0671 e. The van der Waals surface area contributed by atoms with Crippen LogP contribution in [-0.4, -0.2) is 6.54 Å². The molecule has 2 aromatic rings. The molecule has 1 aromatic heterocycles. The molecule has 1 unspecified atom stereocenters. The Bertz CT molecular complexity index is 498. The minimum atomic E-state index is 0.218. The van der Waals surface area contributed by atoms with E-state index in [0.717, 1.165) is 16.0 Å². The average Bonchev–Trinajstić information content (AvgIpc) is 2.72. The summed E-state index contributed by atoms with van der Waals surface area (Å²) in [5.41, 5.74) is 1.20. The number of hydrogen-bond donors (Lipinski definition) is 1. The van der Waals surface area contributed by atoms with Gasteiger partial charge in [-0.1, -0.05) is 30.7 Å². The quantitative estimate of drug-likeness (QED) is 0.844. The van der Waals surface area contributed by atoms with Crippen molar-refractivity contribution in [2.24, 2.45) is 0 Å². The molecule has 0 bridgehead atoms. The van der Waals surface area contributed by atoms with E-state index in [4.69, 9.17) is 11.6 Å². The van der Waals surface area contributed by atoms with Crippen molar-refractivity contribution in [1.82, 2.24) is 5.32 Å². The van der Waals surface area contributed by atoms with Gasteiger partial charge < -0.3 is 5.32 Å². The summed E-state index contributed by atoms with van der Waals surface area (Å²) in [5, 5.41) is 6.37. The molecule has 0 saturated heterocycles. The number of hydrogen-bond acceptors (Lipinski definition) is 2. The predicted octanol–water partition coefficient (Wildman–Crippen LogP) is 4.86. The first-order valence-electron chi connectivity index (χ1n) is 5.43. The fraction of sp³-hybridized carbons (Fsp3) is 0.231. The maximum atomic E-state index is 6.05. The Labute approximate surface area is 119 Å². The van der Waals surface area contributed by atoms with E-state index in [0.29, 0.717) is 0 Å². The maximum absolute atomic E-state index is 6.05. The zero-order valence-electron chi connectivity index (χ0n) is 9.41. The normalized spacial score (nSPS) is 12.6. The summed E-state index contributed by atoms with van der Waals surface area (Å²) in [7, 11) is 0. The lowest BCUT2D eigenvalue weighted by Crippen LogP contribution is -2.20. The van der Waals surface area contributed by atoms with Gasteiger partial charge in [0.05, 0.1) is 6.04 Å². The van der Waals surface area contributed by atoms with Crippen LogP contribution in [0.15, 0.2) is 40.2 Å². The van der Waals surface area contributed by atoms with Crippen molar-refractivity contribution >= 4 is 38.9 Å². The molecular weight excluding hydrogens is 318 g/mol. The average molecular weight is 331 g/mol. The Morgan fingerprint density at radius 1 is 1.41 bits per heavy atom. The van der Waals surface area contributed by atoms with Gasteiger partial charge in [-0.25, -0.2) is 0 Å². The van der Waals surface area contributed by atoms with Gasteiger partial charge in [0.15, 0.2) is 0 Å². The molecule has 0 aliphatic carbocycles. The van der Waals surface area contributed by atoms with Crippen molar-refractivity contribution in [3.05, 3.63) is 55.6 Å². The summed E-state index contributed by atoms with van der Waals surface area (Å²) in [6.07, 6.45) is 0. The number of rotatable bonds is 4. The van der Waals surface area contributed by atoms with Crippen LogP contribution in [0, 0.1) is 0 Å². The molecule has 0 radical (unpaired) electrons. The molecule has 1 nitrogen and oxygen atoms in total. The second-order valence-corrected chi connectivity index (χ2v) is 6.01. The number of nitrogens with one attached hydrogen (secondary N) is 1. The van der Waals surface area contributed by atoms with E-state index in [2.05, 4.69) is 45.7 Å². The number of halogens is 2. The summed E-state index contributed by atoms with van der Waals surface area (Å²) >= 11 is 11.3. The van der Waals surface area contributed by atoms with Crippen LogP contribution >= 0.6 is 38.9 Å². The van der Waals surface area contributed by atoms with Crippen molar-refractivity contribution < 1.29 is 0 Å². The molecule has 2 rings (SSSR count). The van der Waals surface area contributed by atoms with Gasteiger partial charge in [-0.3, -0.25) is 0 Å². The third-order valence-corrected chi connectivity index (χ3v) is 4.46. The summed E-state index contributed by atoms with van der Waals surface area (Å²) in [5.74, 6) is 0. The van der Waals surface area contributed by atoms with Crippen molar-refractivity contribution in [3.63, 3.8) is 0 Å². The summed E-state index contributed by atoms with van der Waals surface area (Å²) in [6, 6.07) is 10.4. The largest absolute Gasteiger partial charge is 0.306 e. The van der Waals surface area contributed by atoms with Gasteiger partial charge in [0.25, 0.3) is 0 Å². The minimum absolute atomic E-state index is 0.218. The molecule has 4 heteroatoms. The number of thiophene rings is 1. The molecule has 17 heavy (non-hydrogen) atoms. The molecule has 1 N–H and O–H groups in total. The second kappa shape index (κ2) is 6.01. The van der Waals surface area contributed by atoms with E-state index in [1.165, 1.54) is 10.4 Å². The van der Waals surface area contributed by atoms with Gasteiger partial charge in [0, 0.05) is 19.8 Å². The first kappa shape index (κ1) is 13.1. The Morgan fingerprint density at radius 3 is 2.82 bits per heavy atom. The monoisotopic (exact) mass is 329 g/mol. The Kier molecular flexibility index (Phi) is 4.62. The summed E-state index contributed by atoms with van der Waals surface area (Å²) in [4.78, 5) is 1.29. The molecule has 0 aliphatic heterocycles. The molecule has 0 fully saturated rings. The second-order valence-electron chi connectivity index (χ2n) is 3.71. The van der Waals surface area contributed by atoms with E-state index < -0.39 is 0 Å². The van der Waals surface area contributed by atoms with Gasteiger partial charge >= 0.3 is 0 Å². The van der Waals surface area contributed by atoms with Crippen LogP contribution in [0.4, 0.5) is 0 Å². The molecule has 1 atom stereocenters. The third kappa shape index (κ3) is 3.32. The predicted molar refractivity (Wildman–Crippen MR) is 79.0 cm³/mol. The van der Waals surface area contributed by atoms with Gasteiger partial charge in [0.1, 0.15) is 0 Å². The molecule has 1 heterocycles. The molecular formula is C13H13BrClNS. The van der Waals surface area contributed by atoms with Crippen molar-refractivity contribution in [2.45, 2.75) is 13.0 Å². The van der Waals surface area contributed by atoms with E-state index >= 15 is 0 Å². The first-order valence-corrected chi connectivity index (χ1v) is 7.48. The molecule has 0 amide bonds. The van der Waals surface area contributed by atoms with Gasteiger partial charge in [-0.2, -0.15) is 0 Å². The Hall–Kier alpha value is -0.350. The topological polar surface area (TPSA) is 12.0 Å². The lowest BCUT2D eigenvalue weighted by Gasteiger charge is -2.17. The zero-order valence-corrected chi connectivity index (χ0v) is 12.6. The lowest BCUT2D eigenvalue weighted by molar-refractivity contribution is 0.639. The van der Waals surface area contributed by atoms with Crippen LogP contribution < -0.4 is 5.32 Å². The van der Waals surface area contributed by atoms with E-state index in [-0.39, 0.29) is 6.04 Å². The summed E-state index contributed by atoms with van der Waals surface area (Å²) in [6.45, 7) is 3.03. The maximum Gasteiger partial charge on any atom is 0.0671 e. The van der Waals surface area contributed by atoms with Crippen molar-refractivity contribution in [2.75, 3.05) is 6.54 Å². The van der Waals surface area contributed by atoms with Gasteiger partial charge in [0.2, 0.25) is 0 Å². The molecule has 0 spiro atoms. The molecule has 1 aromatic carbocycles. The SMILES string of the molecule is CCNC(c1cccc(Cl)c1)c1cc(Br)cs1. The van der Waals surface area contributed by atoms with Crippen molar-refractivity contribution in [1.29, 1.82) is 0 Å². The van der Waals surface area contributed by atoms with Crippen LogP contribution in [0.25, 0.3) is 0 Å². The van der Waals surface area contributed by atoms with Gasteiger partial charge in [-0.15, -0.1) is 11.3 Å².